The fourth-order valence-electron chi connectivity index (χ4n) is 1.43. The summed E-state index contributed by atoms with van der Waals surface area (Å²) in [5.41, 5.74) is 1.11. The van der Waals surface area contributed by atoms with Gasteiger partial charge in [0.25, 0.3) is 5.91 Å². The van der Waals surface area contributed by atoms with E-state index in [1.54, 1.807) is 26.1 Å². The van der Waals surface area contributed by atoms with Gasteiger partial charge < -0.3 is 14.7 Å². The Labute approximate surface area is 106 Å². The summed E-state index contributed by atoms with van der Waals surface area (Å²) >= 11 is 0. The van der Waals surface area contributed by atoms with Gasteiger partial charge in [0.15, 0.2) is 0 Å². The second kappa shape index (κ2) is 6.05. The van der Waals surface area contributed by atoms with E-state index in [0.29, 0.717) is 11.1 Å². The molecule has 0 radical (unpaired) electrons. The smallest absolute Gasteiger partial charge is 0.307 e. The third-order valence-electron chi connectivity index (χ3n) is 2.68. The highest BCUT2D eigenvalue weighted by Crippen LogP contribution is 2.18. The van der Waals surface area contributed by atoms with E-state index in [1.165, 1.54) is 18.1 Å². The number of carbonyl (C=O) groups is 2. The Morgan fingerprint density at radius 3 is 2.61 bits per heavy atom. The van der Waals surface area contributed by atoms with Crippen molar-refractivity contribution >= 4 is 11.9 Å². The van der Waals surface area contributed by atoms with Crippen molar-refractivity contribution in [2.45, 2.75) is 13.3 Å². The molecule has 0 bridgehead atoms. The number of phenolic OH excluding ortho intramolecular Hbond substituents is 1. The number of methoxy groups -OCH3 is 1. The molecule has 5 nitrogen and oxygen atoms in total. The van der Waals surface area contributed by atoms with Crippen molar-refractivity contribution in [3.05, 3.63) is 29.3 Å². The maximum absolute atomic E-state index is 12.0. The second-order valence-electron chi connectivity index (χ2n) is 4.05. The molecule has 0 aliphatic rings. The number of esters is 1. The Morgan fingerprint density at radius 2 is 2.06 bits per heavy atom. The van der Waals surface area contributed by atoms with Crippen LogP contribution in [0.1, 0.15) is 22.3 Å². The average molecular weight is 251 g/mol. The molecule has 1 amide bonds. The molecule has 0 aliphatic carbocycles. The molecule has 0 atom stereocenters. The molecule has 18 heavy (non-hydrogen) atoms. The zero-order chi connectivity index (χ0) is 13.7. The van der Waals surface area contributed by atoms with E-state index in [9.17, 15) is 14.7 Å². The molecule has 0 aliphatic heterocycles. The Hall–Kier alpha value is -2.04. The fraction of sp³-hybridized carbons (Fsp3) is 0.385. The minimum atomic E-state index is -0.360. The Morgan fingerprint density at radius 1 is 1.39 bits per heavy atom. The topological polar surface area (TPSA) is 66.8 Å². The van der Waals surface area contributed by atoms with Crippen molar-refractivity contribution in [2.24, 2.45) is 0 Å². The molecule has 0 saturated carbocycles. The van der Waals surface area contributed by atoms with Crippen molar-refractivity contribution in [1.82, 2.24) is 4.90 Å². The van der Waals surface area contributed by atoms with Gasteiger partial charge in [0.2, 0.25) is 0 Å². The van der Waals surface area contributed by atoms with Crippen LogP contribution in [0.15, 0.2) is 18.2 Å². The van der Waals surface area contributed by atoms with Crippen molar-refractivity contribution in [1.29, 1.82) is 0 Å². The van der Waals surface area contributed by atoms with Crippen molar-refractivity contribution in [3.8, 4) is 5.75 Å². The first kappa shape index (κ1) is 14.0. The van der Waals surface area contributed by atoms with Gasteiger partial charge in [-0.3, -0.25) is 9.59 Å². The lowest BCUT2D eigenvalue weighted by Crippen LogP contribution is -2.29. The lowest BCUT2D eigenvalue weighted by molar-refractivity contribution is -0.140. The summed E-state index contributed by atoms with van der Waals surface area (Å²) in [4.78, 5) is 24.4. The Balaban J connectivity index is 2.68. The zero-order valence-corrected chi connectivity index (χ0v) is 10.8. The summed E-state index contributed by atoms with van der Waals surface area (Å²) in [5, 5.41) is 9.54. The maximum Gasteiger partial charge on any atom is 0.307 e. The van der Waals surface area contributed by atoms with Gasteiger partial charge in [-0.2, -0.15) is 0 Å². The highest BCUT2D eigenvalue weighted by Gasteiger charge is 2.14. The van der Waals surface area contributed by atoms with Crippen LogP contribution in [-0.2, 0) is 9.53 Å². The van der Waals surface area contributed by atoms with Crippen LogP contribution in [0.3, 0.4) is 0 Å². The molecule has 1 N–H and O–H groups in total. The molecule has 0 aromatic heterocycles. The maximum atomic E-state index is 12.0. The van der Waals surface area contributed by atoms with Crippen LogP contribution in [-0.4, -0.2) is 42.6 Å². The van der Waals surface area contributed by atoms with Crippen LogP contribution in [0.2, 0.25) is 0 Å². The van der Waals surface area contributed by atoms with Crippen LogP contribution in [0.5, 0.6) is 5.75 Å². The number of carbonyl (C=O) groups excluding carboxylic acids is 2. The number of aromatic hydroxyl groups is 1. The summed E-state index contributed by atoms with van der Waals surface area (Å²) in [5.74, 6) is -0.516. The minimum absolute atomic E-state index is 0.0854. The van der Waals surface area contributed by atoms with Gasteiger partial charge >= 0.3 is 5.97 Å². The highest BCUT2D eigenvalue weighted by molar-refractivity contribution is 5.94. The molecule has 1 aromatic rings. The third-order valence-corrected chi connectivity index (χ3v) is 2.68. The molecular weight excluding hydrogens is 234 g/mol. The van der Waals surface area contributed by atoms with Gasteiger partial charge in [-0.05, 0) is 24.6 Å². The quantitative estimate of drug-likeness (QED) is 0.820. The number of phenols is 1. The molecule has 0 heterocycles. The van der Waals surface area contributed by atoms with Crippen LogP contribution in [0.25, 0.3) is 0 Å². The molecule has 0 saturated heterocycles. The zero-order valence-electron chi connectivity index (χ0n) is 10.8. The SMILES string of the molecule is COC(=O)CCN(C)C(=O)c1ccc(C)c(O)c1. The van der Waals surface area contributed by atoms with Crippen molar-refractivity contribution in [2.75, 3.05) is 20.7 Å². The molecule has 0 fully saturated rings. The number of amides is 1. The molecular formula is C13H17NO4. The first-order valence-electron chi connectivity index (χ1n) is 5.57. The Bertz CT molecular complexity index is 456. The van der Waals surface area contributed by atoms with Gasteiger partial charge in [-0.15, -0.1) is 0 Å². The standard InChI is InChI=1S/C13H17NO4/c1-9-4-5-10(8-11(9)15)13(17)14(2)7-6-12(16)18-3/h4-5,8,15H,6-7H2,1-3H3. The largest absolute Gasteiger partial charge is 0.508 e. The molecule has 1 rings (SSSR count). The van der Waals surface area contributed by atoms with Gasteiger partial charge in [-0.25, -0.2) is 0 Å². The predicted molar refractivity (Wildman–Crippen MR) is 66.4 cm³/mol. The van der Waals surface area contributed by atoms with Crippen LogP contribution >= 0.6 is 0 Å². The number of aryl methyl sites for hydroxylation is 1. The van der Waals surface area contributed by atoms with Crippen molar-refractivity contribution in [3.63, 3.8) is 0 Å². The van der Waals surface area contributed by atoms with Gasteiger partial charge in [0, 0.05) is 19.2 Å². The predicted octanol–water partition coefficient (Wildman–Crippen LogP) is 1.34. The summed E-state index contributed by atoms with van der Waals surface area (Å²) in [6, 6.07) is 4.75. The third kappa shape index (κ3) is 3.48. The van der Waals surface area contributed by atoms with E-state index in [2.05, 4.69) is 4.74 Å². The van der Waals surface area contributed by atoms with Crippen LogP contribution in [0.4, 0.5) is 0 Å². The number of rotatable bonds is 4. The number of ether oxygens (including phenoxy) is 1. The van der Waals surface area contributed by atoms with Crippen LogP contribution in [0, 0.1) is 6.92 Å². The number of hydrogen-bond donors (Lipinski definition) is 1. The van der Waals surface area contributed by atoms with E-state index in [0.717, 1.165) is 0 Å². The molecule has 98 valence electrons. The number of nitrogens with zero attached hydrogens (tertiary/aromatic N) is 1. The monoisotopic (exact) mass is 251 g/mol. The minimum Gasteiger partial charge on any atom is -0.508 e. The summed E-state index contributed by atoms with van der Waals surface area (Å²) in [6.45, 7) is 2.03. The second-order valence-corrected chi connectivity index (χ2v) is 4.05. The Kier molecular flexibility index (Phi) is 4.71. The van der Waals surface area contributed by atoms with E-state index >= 15 is 0 Å². The number of hydrogen-bond acceptors (Lipinski definition) is 4. The number of benzene rings is 1. The normalized spacial score (nSPS) is 9.94. The summed E-state index contributed by atoms with van der Waals surface area (Å²) in [7, 11) is 2.91. The van der Waals surface area contributed by atoms with Crippen LogP contribution < -0.4 is 0 Å². The summed E-state index contributed by atoms with van der Waals surface area (Å²) in [6.07, 6.45) is 0.149. The van der Waals surface area contributed by atoms with E-state index in [4.69, 9.17) is 0 Å². The fourth-order valence-corrected chi connectivity index (χ4v) is 1.43. The van der Waals surface area contributed by atoms with E-state index in [1.807, 2.05) is 0 Å². The first-order valence-corrected chi connectivity index (χ1v) is 5.57. The van der Waals surface area contributed by atoms with E-state index < -0.39 is 0 Å². The molecule has 5 heteroatoms. The lowest BCUT2D eigenvalue weighted by Gasteiger charge is -2.16. The van der Waals surface area contributed by atoms with Gasteiger partial charge in [0.1, 0.15) is 5.75 Å². The average Bonchev–Trinajstić information content (AvgIpc) is 2.37. The first-order chi connectivity index (χ1) is 8.45. The van der Waals surface area contributed by atoms with Crippen molar-refractivity contribution < 1.29 is 19.4 Å². The van der Waals surface area contributed by atoms with Gasteiger partial charge in [0.05, 0.1) is 13.5 Å². The van der Waals surface area contributed by atoms with Gasteiger partial charge in [-0.1, -0.05) is 6.07 Å². The summed E-state index contributed by atoms with van der Waals surface area (Å²) < 4.78 is 4.50. The molecule has 0 spiro atoms. The van der Waals surface area contributed by atoms with E-state index in [-0.39, 0.29) is 30.6 Å². The highest BCUT2D eigenvalue weighted by atomic mass is 16.5. The molecule has 0 unspecified atom stereocenters. The molecule has 1 aromatic carbocycles. The lowest BCUT2D eigenvalue weighted by atomic mass is 10.1.